The summed E-state index contributed by atoms with van der Waals surface area (Å²) in [6, 6.07) is 13.9. The van der Waals surface area contributed by atoms with E-state index in [1.54, 1.807) is 0 Å². The van der Waals surface area contributed by atoms with E-state index in [1.165, 1.54) is 0 Å². The summed E-state index contributed by atoms with van der Waals surface area (Å²) in [6.07, 6.45) is 3.05. The molecule has 2 heterocycles. The zero-order chi connectivity index (χ0) is 21.1. The molecule has 0 atom stereocenters. The van der Waals surface area contributed by atoms with Crippen molar-refractivity contribution in [3.8, 4) is 0 Å². The van der Waals surface area contributed by atoms with Crippen molar-refractivity contribution in [2.24, 2.45) is 0 Å². The largest absolute Gasteiger partial charge is 0.358 e. The average molecular weight is 423 g/mol. The summed E-state index contributed by atoms with van der Waals surface area (Å²) < 4.78 is 0. The highest BCUT2D eigenvalue weighted by Crippen LogP contribution is 2.28. The maximum atomic E-state index is 12.1. The molecule has 2 amide bonds. The lowest BCUT2D eigenvalue weighted by Crippen LogP contribution is -2.29. The number of hydrogen-bond donors (Lipinski definition) is 2. The number of carbonyl (C=O) groups excluding carboxylic acids is 2. The Bertz CT molecular complexity index is 991. The summed E-state index contributed by atoms with van der Waals surface area (Å²) in [6.45, 7) is 4.12. The zero-order valence-electron chi connectivity index (χ0n) is 17.1. The van der Waals surface area contributed by atoms with Crippen molar-refractivity contribution >= 4 is 46.2 Å². The topological polar surface area (TPSA) is 64.7 Å². The molecule has 0 aromatic heterocycles. The van der Waals surface area contributed by atoms with Crippen molar-refractivity contribution in [2.75, 3.05) is 28.2 Å². The molecule has 7 heteroatoms. The highest BCUT2D eigenvalue weighted by molar-refractivity contribution is 7.80. The Morgan fingerprint density at radius 3 is 2.43 bits per heavy atom. The van der Waals surface area contributed by atoms with Gasteiger partial charge in [0.25, 0.3) is 0 Å². The fourth-order valence-corrected chi connectivity index (χ4v) is 4.18. The molecule has 0 spiro atoms. The highest BCUT2D eigenvalue weighted by atomic mass is 32.1. The van der Waals surface area contributed by atoms with Gasteiger partial charge in [-0.1, -0.05) is 18.2 Å². The van der Waals surface area contributed by atoms with Gasteiger partial charge in [0, 0.05) is 49.5 Å². The second-order valence-corrected chi connectivity index (χ2v) is 8.18. The van der Waals surface area contributed by atoms with Crippen LogP contribution in [0.3, 0.4) is 0 Å². The molecule has 2 fully saturated rings. The number of anilines is 3. The van der Waals surface area contributed by atoms with Gasteiger partial charge in [-0.3, -0.25) is 9.59 Å². The Morgan fingerprint density at radius 1 is 1.00 bits per heavy atom. The average Bonchev–Trinajstić information content (AvgIpc) is 3.36. The summed E-state index contributed by atoms with van der Waals surface area (Å²) in [5, 5.41) is 6.95. The lowest BCUT2D eigenvalue weighted by atomic mass is 10.1. The van der Waals surface area contributed by atoms with E-state index >= 15 is 0 Å². The minimum atomic E-state index is 0.173. The molecule has 4 rings (SSSR count). The summed E-state index contributed by atoms with van der Waals surface area (Å²) in [7, 11) is 0. The van der Waals surface area contributed by atoms with Gasteiger partial charge in [-0.15, -0.1) is 0 Å². The Kier molecular flexibility index (Phi) is 5.99. The van der Waals surface area contributed by atoms with E-state index in [2.05, 4.69) is 10.6 Å². The number of hydrogen-bond acceptors (Lipinski definition) is 3. The summed E-state index contributed by atoms with van der Waals surface area (Å²) in [5.74, 6) is 0.358. The van der Waals surface area contributed by atoms with E-state index in [0.29, 0.717) is 24.5 Å². The van der Waals surface area contributed by atoms with E-state index < -0.39 is 0 Å². The zero-order valence-corrected chi connectivity index (χ0v) is 17.9. The predicted octanol–water partition coefficient (Wildman–Crippen LogP) is 3.74. The number of aryl methyl sites for hydroxylation is 1. The van der Waals surface area contributed by atoms with E-state index in [9.17, 15) is 9.59 Å². The van der Waals surface area contributed by atoms with Gasteiger partial charge in [0.15, 0.2) is 5.11 Å². The minimum Gasteiger partial charge on any atom is -0.358 e. The van der Waals surface area contributed by atoms with Gasteiger partial charge in [0.1, 0.15) is 0 Å². The third kappa shape index (κ3) is 4.46. The van der Waals surface area contributed by atoms with Crippen LogP contribution in [0, 0.1) is 6.92 Å². The fraction of sp³-hybridized carbons (Fsp3) is 0.348. The van der Waals surface area contributed by atoms with Crippen LogP contribution in [0.4, 0.5) is 17.1 Å². The van der Waals surface area contributed by atoms with Crippen LogP contribution in [0.25, 0.3) is 0 Å². The lowest BCUT2D eigenvalue weighted by molar-refractivity contribution is -0.117. The second-order valence-electron chi connectivity index (χ2n) is 7.78. The number of benzene rings is 2. The first-order chi connectivity index (χ1) is 14.5. The molecule has 30 heavy (non-hydrogen) atoms. The number of nitrogens with zero attached hydrogens (tertiary/aromatic N) is 2. The molecule has 0 saturated carbocycles. The van der Waals surface area contributed by atoms with Crippen LogP contribution in [-0.4, -0.2) is 30.0 Å². The van der Waals surface area contributed by atoms with Crippen molar-refractivity contribution in [1.82, 2.24) is 5.32 Å². The molecule has 0 unspecified atom stereocenters. The van der Waals surface area contributed by atoms with Crippen molar-refractivity contribution in [1.29, 1.82) is 0 Å². The first kappa shape index (κ1) is 20.3. The number of carbonyl (C=O) groups is 2. The van der Waals surface area contributed by atoms with Gasteiger partial charge >= 0.3 is 0 Å². The Hall–Kier alpha value is -2.93. The fourth-order valence-electron chi connectivity index (χ4n) is 3.99. The summed E-state index contributed by atoms with van der Waals surface area (Å²) in [4.78, 5) is 27.8. The number of nitrogens with one attached hydrogen (secondary N) is 2. The Morgan fingerprint density at radius 2 is 1.73 bits per heavy atom. The van der Waals surface area contributed by atoms with Crippen molar-refractivity contribution < 1.29 is 9.59 Å². The van der Waals surface area contributed by atoms with Gasteiger partial charge in [0.05, 0.1) is 0 Å². The van der Waals surface area contributed by atoms with Gasteiger partial charge in [-0.2, -0.15) is 0 Å². The van der Waals surface area contributed by atoms with Crippen LogP contribution < -0.4 is 20.4 Å². The number of thiocarbonyl (C=S) groups is 1. The van der Waals surface area contributed by atoms with Crippen LogP contribution >= 0.6 is 12.2 Å². The maximum absolute atomic E-state index is 12.1. The Balaban J connectivity index is 1.37. The molecule has 0 aliphatic carbocycles. The molecule has 2 saturated heterocycles. The van der Waals surface area contributed by atoms with Crippen LogP contribution in [0.5, 0.6) is 0 Å². The van der Waals surface area contributed by atoms with E-state index in [4.69, 9.17) is 12.2 Å². The van der Waals surface area contributed by atoms with Crippen LogP contribution in [-0.2, 0) is 16.1 Å². The van der Waals surface area contributed by atoms with E-state index in [-0.39, 0.29) is 11.8 Å². The normalized spacial score (nSPS) is 16.3. The van der Waals surface area contributed by atoms with Crippen LogP contribution in [0.2, 0.25) is 0 Å². The maximum Gasteiger partial charge on any atom is 0.227 e. The predicted molar refractivity (Wildman–Crippen MR) is 124 cm³/mol. The molecule has 2 aromatic carbocycles. The van der Waals surface area contributed by atoms with Gasteiger partial charge < -0.3 is 20.4 Å². The van der Waals surface area contributed by atoms with Crippen molar-refractivity contribution in [2.45, 2.75) is 39.2 Å². The van der Waals surface area contributed by atoms with Gasteiger partial charge in [0.2, 0.25) is 11.8 Å². The molecule has 0 radical (unpaired) electrons. The van der Waals surface area contributed by atoms with E-state index in [0.717, 1.165) is 54.1 Å². The van der Waals surface area contributed by atoms with Gasteiger partial charge in [-0.25, -0.2) is 0 Å². The minimum absolute atomic E-state index is 0.173. The SMILES string of the molecule is Cc1ccc(NC(=S)NCc2cccc(N3CCCC3=O)c2)cc1N1CCCC1=O. The molecule has 2 aliphatic rings. The summed E-state index contributed by atoms with van der Waals surface area (Å²) >= 11 is 5.46. The van der Waals surface area contributed by atoms with Gasteiger partial charge in [-0.05, 0) is 67.4 Å². The highest BCUT2D eigenvalue weighted by Gasteiger charge is 2.23. The molecule has 6 nitrogen and oxygen atoms in total. The molecule has 2 N–H and O–H groups in total. The third-order valence-electron chi connectivity index (χ3n) is 5.58. The number of amides is 2. The molecule has 0 bridgehead atoms. The van der Waals surface area contributed by atoms with Crippen LogP contribution in [0.15, 0.2) is 42.5 Å². The van der Waals surface area contributed by atoms with Crippen molar-refractivity contribution in [3.05, 3.63) is 53.6 Å². The standard InChI is InChI=1S/C23H26N4O2S/c1-16-9-10-18(14-20(16)27-12-4-8-22(27)29)25-23(30)24-15-17-5-2-6-19(13-17)26-11-3-7-21(26)28/h2,5-6,9-10,13-14H,3-4,7-8,11-12,15H2,1H3,(H2,24,25,30). The van der Waals surface area contributed by atoms with E-state index in [1.807, 2.05) is 59.2 Å². The molecule has 156 valence electrons. The van der Waals surface area contributed by atoms with Crippen molar-refractivity contribution in [3.63, 3.8) is 0 Å². The van der Waals surface area contributed by atoms with Crippen LogP contribution in [0.1, 0.15) is 36.8 Å². The molecular formula is C23H26N4O2S. The lowest BCUT2D eigenvalue weighted by Gasteiger charge is -2.20. The smallest absolute Gasteiger partial charge is 0.227 e. The number of rotatable bonds is 5. The monoisotopic (exact) mass is 422 g/mol. The molecule has 2 aliphatic heterocycles. The Labute approximate surface area is 182 Å². The quantitative estimate of drug-likeness (QED) is 0.719. The second kappa shape index (κ2) is 8.83. The first-order valence-corrected chi connectivity index (χ1v) is 10.8. The first-order valence-electron chi connectivity index (χ1n) is 10.4. The summed E-state index contributed by atoms with van der Waals surface area (Å²) in [5.41, 5.74) is 4.86. The molecule has 2 aromatic rings. The molecular weight excluding hydrogens is 396 g/mol. The third-order valence-corrected chi connectivity index (χ3v) is 5.83.